The van der Waals surface area contributed by atoms with Crippen LogP contribution in [-0.2, 0) is 14.3 Å². The van der Waals surface area contributed by atoms with Crippen molar-refractivity contribution in [2.24, 2.45) is 0 Å². The van der Waals surface area contributed by atoms with Gasteiger partial charge in [-0.25, -0.2) is 0 Å². The van der Waals surface area contributed by atoms with E-state index in [-0.39, 0.29) is 11.9 Å². The van der Waals surface area contributed by atoms with Crippen molar-refractivity contribution < 1.29 is 14.3 Å². The van der Waals surface area contributed by atoms with E-state index in [9.17, 15) is 9.59 Å². The van der Waals surface area contributed by atoms with Gasteiger partial charge in [0.05, 0.1) is 11.5 Å². The van der Waals surface area contributed by atoms with Crippen molar-refractivity contribution in [2.75, 3.05) is 13.2 Å². The minimum atomic E-state index is -0.225. The molecular formula is C17H19NO3S2. The molecule has 0 bridgehead atoms. The molecule has 122 valence electrons. The molecule has 1 aromatic rings. The van der Waals surface area contributed by atoms with Gasteiger partial charge in [-0.15, -0.1) is 0 Å². The zero-order valence-electron chi connectivity index (χ0n) is 13.0. The third-order valence-electron chi connectivity index (χ3n) is 3.20. The van der Waals surface area contributed by atoms with Gasteiger partial charge in [-0.05, 0) is 24.5 Å². The van der Waals surface area contributed by atoms with Crippen molar-refractivity contribution in [3.8, 4) is 0 Å². The second-order valence-electron chi connectivity index (χ2n) is 5.07. The maximum Gasteiger partial charge on any atom is 0.305 e. The van der Waals surface area contributed by atoms with Crippen LogP contribution >= 0.6 is 24.0 Å². The van der Waals surface area contributed by atoms with E-state index in [0.717, 1.165) is 12.0 Å². The summed E-state index contributed by atoms with van der Waals surface area (Å²) < 4.78 is 5.56. The lowest BCUT2D eigenvalue weighted by molar-refractivity contribution is -0.144. The van der Waals surface area contributed by atoms with Gasteiger partial charge in [-0.1, -0.05) is 61.2 Å². The number of hydrogen-bond acceptors (Lipinski definition) is 5. The van der Waals surface area contributed by atoms with Crippen LogP contribution in [0.3, 0.4) is 0 Å². The molecular weight excluding hydrogens is 330 g/mol. The zero-order valence-corrected chi connectivity index (χ0v) is 14.6. The third kappa shape index (κ3) is 5.18. The second kappa shape index (κ2) is 8.84. The Labute approximate surface area is 145 Å². The fourth-order valence-corrected chi connectivity index (χ4v) is 3.37. The van der Waals surface area contributed by atoms with Gasteiger partial charge in [-0.2, -0.15) is 0 Å². The van der Waals surface area contributed by atoms with E-state index in [0.29, 0.717) is 35.2 Å². The largest absolute Gasteiger partial charge is 0.466 e. The van der Waals surface area contributed by atoms with Crippen LogP contribution < -0.4 is 0 Å². The summed E-state index contributed by atoms with van der Waals surface area (Å²) in [4.78, 5) is 26.0. The highest BCUT2D eigenvalue weighted by molar-refractivity contribution is 8.26. The molecule has 6 heteroatoms. The Balaban J connectivity index is 1.89. The van der Waals surface area contributed by atoms with Crippen LogP contribution in [0.5, 0.6) is 0 Å². The van der Waals surface area contributed by atoms with E-state index in [1.165, 1.54) is 11.8 Å². The Hall–Kier alpha value is -1.66. The van der Waals surface area contributed by atoms with Gasteiger partial charge in [0, 0.05) is 13.0 Å². The molecule has 1 amide bonds. The van der Waals surface area contributed by atoms with Gasteiger partial charge in [0.15, 0.2) is 0 Å². The Bertz CT molecular complexity index is 614. The van der Waals surface area contributed by atoms with Gasteiger partial charge in [0.25, 0.3) is 5.91 Å². The molecule has 0 spiro atoms. The van der Waals surface area contributed by atoms with E-state index in [2.05, 4.69) is 0 Å². The second-order valence-corrected chi connectivity index (χ2v) is 6.74. The summed E-state index contributed by atoms with van der Waals surface area (Å²) in [6.45, 7) is 2.84. The Morgan fingerprint density at radius 1 is 1.35 bits per heavy atom. The standard InChI is InChI=1S/C17H19NO3S2/c1-2-11-21-15(19)9-6-10-18-16(20)14(23-17(18)22)12-13-7-4-3-5-8-13/h3-5,7-8,12H,2,6,9-11H2,1H3/b14-12-. The summed E-state index contributed by atoms with van der Waals surface area (Å²) in [6.07, 6.45) is 3.50. The summed E-state index contributed by atoms with van der Waals surface area (Å²) in [5.41, 5.74) is 0.969. The Morgan fingerprint density at radius 3 is 2.78 bits per heavy atom. The minimum absolute atomic E-state index is 0.0919. The highest BCUT2D eigenvalue weighted by atomic mass is 32.2. The van der Waals surface area contributed by atoms with E-state index >= 15 is 0 Å². The molecule has 0 saturated carbocycles. The average molecular weight is 349 g/mol. The lowest BCUT2D eigenvalue weighted by Gasteiger charge is -2.13. The molecule has 1 saturated heterocycles. The molecule has 1 aliphatic heterocycles. The molecule has 0 radical (unpaired) electrons. The van der Waals surface area contributed by atoms with Crippen LogP contribution in [0.15, 0.2) is 35.2 Å². The quantitative estimate of drug-likeness (QED) is 0.427. The number of carbonyl (C=O) groups excluding carboxylic acids is 2. The normalized spacial score (nSPS) is 16.2. The smallest absolute Gasteiger partial charge is 0.305 e. The summed E-state index contributed by atoms with van der Waals surface area (Å²) >= 11 is 6.57. The summed E-state index contributed by atoms with van der Waals surface area (Å²) in [5.74, 6) is -0.317. The fraction of sp³-hybridized carbons (Fsp3) is 0.353. The summed E-state index contributed by atoms with van der Waals surface area (Å²) in [7, 11) is 0. The number of carbonyl (C=O) groups is 2. The molecule has 1 aromatic carbocycles. The molecule has 0 unspecified atom stereocenters. The minimum Gasteiger partial charge on any atom is -0.466 e. The molecule has 0 N–H and O–H groups in total. The molecule has 23 heavy (non-hydrogen) atoms. The molecule has 0 aliphatic carbocycles. The predicted molar refractivity (Wildman–Crippen MR) is 96.8 cm³/mol. The molecule has 0 atom stereocenters. The van der Waals surface area contributed by atoms with E-state index < -0.39 is 0 Å². The highest BCUT2D eigenvalue weighted by Crippen LogP contribution is 2.32. The third-order valence-corrected chi connectivity index (χ3v) is 4.58. The number of nitrogens with zero attached hydrogens (tertiary/aromatic N) is 1. The van der Waals surface area contributed by atoms with Crippen molar-refractivity contribution in [3.63, 3.8) is 0 Å². The van der Waals surface area contributed by atoms with Crippen LogP contribution in [0, 0.1) is 0 Å². The molecule has 1 aliphatic rings. The van der Waals surface area contributed by atoms with Gasteiger partial charge >= 0.3 is 5.97 Å². The number of rotatable bonds is 7. The number of esters is 1. The first-order chi connectivity index (χ1) is 11.1. The number of ether oxygens (including phenoxy) is 1. The maximum atomic E-state index is 12.4. The van der Waals surface area contributed by atoms with E-state index in [4.69, 9.17) is 17.0 Å². The van der Waals surface area contributed by atoms with Crippen LogP contribution in [0.1, 0.15) is 31.7 Å². The lowest BCUT2D eigenvalue weighted by Crippen LogP contribution is -2.29. The van der Waals surface area contributed by atoms with Gasteiger partial charge in [-0.3, -0.25) is 14.5 Å². The van der Waals surface area contributed by atoms with Gasteiger partial charge < -0.3 is 4.74 Å². The van der Waals surface area contributed by atoms with Crippen molar-refractivity contribution in [1.29, 1.82) is 0 Å². The SMILES string of the molecule is CCCOC(=O)CCCN1C(=O)/C(=C/c2ccccc2)SC1=S. The molecule has 0 aromatic heterocycles. The first-order valence-electron chi connectivity index (χ1n) is 7.58. The van der Waals surface area contributed by atoms with Crippen LogP contribution in [0.2, 0.25) is 0 Å². The van der Waals surface area contributed by atoms with E-state index in [1.807, 2.05) is 43.3 Å². The van der Waals surface area contributed by atoms with Crippen molar-refractivity contribution in [2.45, 2.75) is 26.2 Å². The van der Waals surface area contributed by atoms with Crippen LogP contribution in [0.25, 0.3) is 6.08 Å². The number of hydrogen-bond donors (Lipinski definition) is 0. The maximum absolute atomic E-state index is 12.4. The highest BCUT2D eigenvalue weighted by Gasteiger charge is 2.31. The lowest BCUT2D eigenvalue weighted by atomic mass is 10.2. The van der Waals surface area contributed by atoms with Gasteiger partial charge in [0.2, 0.25) is 0 Å². The molecule has 1 fully saturated rings. The Morgan fingerprint density at radius 2 is 2.09 bits per heavy atom. The monoisotopic (exact) mass is 349 g/mol. The van der Waals surface area contributed by atoms with Crippen LogP contribution in [0.4, 0.5) is 0 Å². The Kier molecular flexibility index (Phi) is 6.80. The molecule has 1 heterocycles. The summed E-state index contributed by atoms with van der Waals surface area (Å²) in [6, 6.07) is 9.66. The van der Waals surface area contributed by atoms with Gasteiger partial charge in [0.1, 0.15) is 4.32 Å². The first-order valence-corrected chi connectivity index (χ1v) is 8.80. The predicted octanol–water partition coefficient (Wildman–Crippen LogP) is 3.62. The van der Waals surface area contributed by atoms with E-state index in [1.54, 1.807) is 4.90 Å². The first kappa shape index (κ1) is 17.7. The summed E-state index contributed by atoms with van der Waals surface area (Å²) in [5, 5.41) is 0. The topological polar surface area (TPSA) is 46.6 Å². The fourth-order valence-electron chi connectivity index (χ4n) is 2.06. The van der Waals surface area contributed by atoms with Crippen molar-refractivity contribution in [3.05, 3.63) is 40.8 Å². The molecule has 4 nitrogen and oxygen atoms in total. The number of amides is 1. The number of benzene rings is 1. The number of thioether (sulfide) groups is 1. The zero-order chi connectivity index (χ0) is 16.7. The van der Waals surface area contributed by atoms with Crippen molar-refractivity contribution >= 4 is 46.3 Å². The number of thiocarbonyl (C=S) groups is 1. The average Bonchev–Trinajstić information content (AvgIpc) is 2.81. The van der Waals surface area contributed by atoms with Crippen molar-refractivity contribution in [1.82, 2.24) is 4.90 Å². The van der Waals surface area contributed by atoms with Crippen LogP contribution in [-0.4, -0.2) is 34.2 Å². The molecule has 2 rings (SSSR count).